The van der Waals surface area contributed by atoms with Crippen LogP contribution in [-0.4, -0.2) is 221 Å². The van der Waals surface area contributed by atoms with E-state index in [1.807, 2.05) is 0 Å². The highest BCUT2D eigenvalue weighted by atomic mass is 16.8. The summed E-state index contributed by atoms with van der Waals surface area (Å²) in [6.45, 7) is 16.2. The average molecular weight is 1080 g/mol. The Hall–Kier alpha value is -1.59. The van der Waals surface area contributed by atoms with Gasteiger partial charge in [-0.2, -0.15) is 0 Å². The van der Waals surface area contributed by atoms with Crippen molar-refractivity contribution >= 4 is 5.97 Å². The summed E-state index contributed by atoms with van der Waals surface area (Å²) in [4.78, 5) is 12.5. The van der Waals surface area contributed by atoms with Gasteiger partial charge < -0.3 is 104 Å². The first kappa shape index (κ1) is 58.1. The number of allylic oxidation sites excluding steroid dienone is 2. The molecule has 75 heavy (non-hydrogen) atoms. The van der Waals surface area contributed by atoms with Crippen molar-refractivity contribution in [3.8, 4) is 0 Å². The first-order valence-electron chi connectivity index (χ1n) is 27.2. The lowest BCUT2D eigenvalue weighted by molar-refractivity contribution is -0.386. The van der Waals surface area contributed by atoms with Crippen molar-refractivity contribution in [2.75, 3.05) is 19.8 Å². The van der Waals surface area contributed by atoms with E-state index in [-0.39, 0.29) is 40.6 Å². The van der Waals surface area contributed by atoms with Gasteiger partial charge in [-0.3, -0.25) is 0 Å². The van der Waals surface area contributed by atoms with Crippen molar-refractivity contribution in [1.82, 2.24) is 0 Å². The molecule has 5 aliphatic carbocycles. The van der Waals surface area contributed by atoms with Gasteiger partial charge in [0.1, 0.15) is 79.4 Å². The third-order valence-electron chi connectivity index (χ3n) is 21.3. The molecule has 4 aliphatic heterocycles. The van der Waals surface area contributed by atoms with Gasteiger partial charge in [0.2, 0.25) is 0 Å². The third kappa shape index (κ3) is 9.50. The number of aliphatic hydroxyl groups is 12. The minimum Gasteiger partial charge on any atom is -0.479 e. The summed E-state index contributed by atoms with van der Waals surface area (Å²) < 4.78 is 48.2. The van der Waals surface area contributed by atoms with Crippen LogP contribution in [0.4, 0.5) is 0 Å². The molecular weight excluding hydrogens is 989 g/mol. The Balaban J connectivity index is 0.939. The Kier molecular flexibility index (Phi) is 16.1. The van der Waals surface area contributed by atoms with Crippen molar-refractivity contribution in [3.05, 3.63) is 11.6 Å². The first-order valence-corrected chi connectivity index (χ1v) is 27.2. The Morgan fingerprint density at radius 1 is 0.640 bits per heavy atom. The molecule has 0 radical (unpaired) electrons. The second kappa shape index (κ2) is 20.7. The predicted molar refractivity (Wildman–Crippen MR) is 257 cm³/mol. The van der Waals surface area contributed by atoms with Gasteiger partial charge in [-0.25, -0.2) is 4.79 Å². The SMILES string of the molecule is C[C@@H]1O[C@@H](O[C@H]2[C@H](O[C@H]3[C@H](O[C@H]4CC[C@@]5(C)C(CC[C@]6(C)C5CC=C5[C@@H]7C[C@@](C)(CO[C@@H]8O[C@H](CO)[C@@H](O)[C@H](O)[C@H]8O)C[C@@H](O)[C@]7(C)CC[C@]56C)C4(C)C)O[C@H](C(=O)O)[C@H](O)[C@@H]3O)OC[C@@H](O)[C@@H]2O)[C@H](O)[C@H](O)[C@H]1O. The monoisotopic (exact) mass is 1070 g/mol. The van der Waals surface area contributed by atoms with Crippen LogP contribution in [0.5, 0.6) is 0 Å². The van der Waals surface area contributed by atoms with E-state index < -0.39 is 164 Å². The highest BCUT2D eigenvalue weighted by molar-refractivity contribution is 5.73. The zero-order chi connectivity index (χ0) is 54.9. The lowest BCUT2D eigenvalue weighted by Gasteiger charge is -2.72. The summed E-state index contributed by atoms with van der Waals surface area (Å²) in [5.41, 5.74) is -0.805. The fourth-order valence-electron chi connectivity index (χ4n) is 16.3. The van der Waals surface area contributed by atoms with Crippen molar-refractivity contribution in [3.63, 3.8) is 0 Å². The molecule has 29 atom stereocenters. The number of fused-ring (bicyclic) bond motifs is 7. The van der Waals surface area contributed by atoms with E-state index >= 15 is 0 Å². The summed E-state index contributed by atoms with van der Waals surface area (Å²) in [6.07, 6.45) is -22.7. The minimum absolute atomic E-state index is 0.00780. The molecule has 9 aliphatic rings. The van der Waals surface area contributed by atoms with Gasteiger partial charge in [-0.15, -0.1) is 0 Å². The molecular formula is C53H86O22. The standard InChI is InChI=1S/C53H86O22/c1-22-31(57)34(60)39(65)45(70-22)74-41-32(58)25(55)20-68-46(41)75-42-37(63)36(62)40(43(66)67)73-47(42)72-30-12-13-51(6)27(48(30,2)3)11-14-53(8)28(51)10-9-23-24-17-49(4,18-29(56)50(24,5)15-16-52(23,53)7)21-69-44-38(64)35(61)33(59)26(19-54)71-44/h9,22,24-42,44-47,54-65H,10-21H2,1-8H3,(H,66,67)/t22-,24-,25+,26+,27?,28?,29+,30-,31-,32-,33+,34+,35-,36+,37-,38+,39+,40-,41+,42+,44+,45-,46-,47+,49+,50+,51-,52+,53+/m0/s1. The maximum Gasteiger partial charge on any atom is 0.335 e. The molecule has 4 heterocycles. The van der Waals surface area contributed by atoms with Crippen LogP contribution in [0.15, 0.2) is 11.6 Å². The van der Waals surface area contributed by atoms with Crippen molar-refractivity contribution in [2.24, 2.45) is 50.2 Å². The molecule has 0 aromatic carbocycles. The van der Waals surface area contributed by atoms with Crippen molar-refractivity contribution in [2.45, 2.75) is 242 Å². The van der Waals surface area contributed by atoms with Gasteiger partial charge in [0.25, 0.3) is 0 Å². The number of hydrogen-bond donors (Lipinski definition) is 13. The van der Waals surface area contributed by atoms with E-state index in [4.69, 9.17) is 37.9 Å². The van der Waals surface area contributed by atoms with Crippen LogP contribution in [0.25, 0.3) is 0 Å². The van der Waals surface area contributed by atoms with E-state index in [0.29, 0.717) is 19.3 Å². The first-order chi connectivity index (χ1) is 35.0. The highest BCUT2D eigenvalue weighted by Gasteiger charge is 2.69. The number of carboxylic acids is 1. The van der Waals surface area contributed by atoms with Crippen LogP contribution in [0.1, 0.15) is 113 Å². The Morgan fingerprint density at radius 3 is 1.97 bits per heavy atom. The van der Waals surface area contributed by atoms with Gasteiger partial charge in [0.05, 0.1) is 38.1 Å². The second-order valence-corrected chi connectivity index (χ2v) is 26.0. The van der Waals surface area contributed by atoms with Crippen LogP contribution >= 0.6 is 0 Å². The largest absolute Gasteiger partial charge is 0.479 e. The molecule has 0 amide bonds. The molecule has 13 N–H and O–H groups in total. The van der Waals surface area contributed by atoms with Gasteiger partial charge in [-0.1, -0.05) is 60.1 Å². The van der Waals surface area contributed by atoms with E-state index in [9.17, 15) is 71.2 Å². The van der Waals surface area contributed by atoms with Gasteiger partial charge in [0, 0.05) is 5.41 Å². The molecule has 0 aromatic rings. The van der Waals surface area contributed by atoms with Gasteiger partial charge in [-0.05, 0) is 110 Å². The van der Waals surface area contributed by atoms with Crippen LogP contribution in [0.3, 0.4) is 0 Å². The number of aliphatic carboxylic acids is 1. The van der Waals surface area contributed by atoms with Crippen molar-refractivity contribution < 1.29 is 109 Å². The molecule has 4 saturated carbocycles. The molecule has 2 unspecified atom stereocenters. The zero-order valence-corrected chi connectivity index (χ0v) is 44.4. The third-order valence-corrected chi connectivity index (χ3v) is 21.3. The predicted octanol–water partition coefficient (Wildman–Crippen LogP) is -0.832. The second-order valence-electron chi connectivity index (χ2n) is 26.0. The molecule has 0 aromatic heterocycles. The number of carboxylic acid groups (broad SMARTS) is 1. The Bertz CT molecular complexity index is 2080. The minimum atomic E-state index is -2.01. The number of aliphatic hydroxyl groups excluding tert-OH is 12. The Labute approximate surface area is 437 Å². The normalized spacial score (nSPS) is 55.9. The molecule has 22 heteroatoms. The van der Waals surface area contributed by atoms with E-state index in [1.54, 1.807) is 0 Å². The van der Waals surface area contributed by atoms with Crippen molar-refractivity contribution in [1.29, 1.82) is 0 Å². The smallest absolute Gasteiger partial charge is 0.335 e. The summed E-state index contributed by atoms with van der Waals surface area (Å²) in [6, 6.07) is 0. The number of hydrogen-bond acceptors (Lipinski definition) is 21. The quantitative estimate of drug-likeness (QED) is 0.0887. The van der Waals surface area contributed by atoms with E-state index in [1.165, 1.54) is 12.5 Å². The molecule has 0 bridgehead atoms. The number of ether oxygens (including phenoxy) is 8. The van der Waals surface area contributed by atoms with Crippen LogP contribution in [0, 0.1) is 50.2 Å². The molecule has 0 spiro atoms. The summed E-state index contributed by atoms with van der Waals surface area (Å²) >= 11 is 0. The number of rotatable bonds is 11. The van der Waals surface area contributed by atoms with Crippen LogP contribution in [0.2, 0.25) is 0 Å². The van der Waals surface area contributed by atoms with E-state index in [2.05, 4.69) is 54.5 Å². The average Bonchev–Trinajstić information content (AvgIpc) is 3.37. The summed E-state index contributed by atoms with van der Waals surface area (Å²) in [5, 5.41) is 140. The maximum absolute atomic E-state index is 12.5. The molecule has 430 valence electrons. The fourth-order valence-corrected chi connectivity index (χ4v) is 16.3. The lowest BCUT2D eigenvalue weighted by Crippen LogP contribution is -2.67. The van der Waals surface area contributed by atoms with Crippen LogP contribution in [-0.2, 0) is 42.7 Å². The summed E-state index contributed by atoms with van der Waals surface area (Å²) in [5.74, 6) is -1.24. The van der Waals surface area contributed by atoms with Gasteiger partial charge in [0.15, 0.2) is 31.3 Å². The molecule has 4 saturated heterocycles. The van der Waals surface area contributed by atoms with E-state index in [0.717, 1.165) is 38.5 Å². The molecule has 8 fully saturated rings. The molecule has 22 nitrogen and oxygen atoms in total. The lowest BCUT2D eigenvalue weighted by atomic mass is 9.33. The van der Waals surface area contributed by atoms with Gasteiger partial charge >= 0.3 is 5.97 Å². The highest BCUT2D eigenvalue weighted by Crippen LogP contribution is 2.76. The fraction of sp³-hybridized carbons (Fsp3) is 0.943. The number of carbonyl (C=O) groups is 1. The topological polar surface area (TPSA) is 354 Å². The maximum atomic E-state index is 12.5. The van der Waals surface area contributed by atoms with Crippen LogP contribution < -0.4 is 0 Å². The summed E-state index contributed by atoms with van der Waals surface area (Å²) in [7, 11) is 0. The molecule has 9 rings (SSSR count). The Morgan fingerprint density at radius 2 is 1.29 bits per heavy atom. The zero-order valence-electron chi connectivity index (χ0n) is 44.4.